The fourth-order valence-electron chi connectivity index (χ4n) is 3.67. The summed E-state index contributed by atoms with van der Waals surface area (Å²) in [7, 11) is 0. The standard InChI is InChI=1S/C22H19F/c1-14-8-9-16(13-21(14)23)15-10-11-20-18(12-15)17-6-4-5-7-19(17)22(20,2)3/h4-13H,1-3H3. The zero-order valence-electron chi connectivity index (χ0n) is 13.7. The zero-order valence-corrected chi connectivity index (χ0v) is 13.7. The number of aryl methyl sites for hydroxylation is 1. The van der Waals surface area contributed by atoms with Crippen molar-refractivity contribution in [2.24, 2.45) is 0 Å². The van der Waals surface area contributed by atoms with Crippen LogP contribution in [0.15, 0.2) is 60.7 Å². The Labute approximate surface area is 136 Å². The van der Waals surface area contributed by atoms with Crippen molar-refractivity contribution >= 4 is 0 Å². The monoisotopic (exact) mass is 302 g/mol. The summed E-state index contributed by atoms with van der Waals surface area (Å²) >= 11 is 0. The van der Waals surface area contributed by atoms with Crippen LogP contribution in [0, 0.1) is 12.7 Å². The minimum atomic E-state index is -0.149. The van der Waals surface area contributed by atoms with Crippen molar-refractivity contribution in [1.82, 2.24) is 0 Å². The van der Waals surface area contributed by atoms with Crippen molar-refractivity contribution in [2.75, 3.05) is 0 Å². The first-order chi connectivity index (χ1) is 11.0. The van der Waals surface area contributed by atoms with E-state index in [4.69, 9.17) is 0 Å². The molecular weight excluding hydrogens is 283 g/mol. The molecule has 3 aromatic rings. The molecular formula is C22H19F. The van der Waals surface area contributed by atoms with Crippen LogP contribution in [0.3, 0.4) is 0 Å². The highest BCUT2D eigenvalue weighted by atomic mass is 19.1. The minimum absolute atomic E-state index is 0.0168. The average molecular weight is 302 g/mol. The first-order valence-corrected chi connectivity index (χ1v) is 7.99. The van der Waals surface area contributed by atoms with Gasteiger partial charge in [-0.05, 0) is 58.0 Å². The van der Waals surface area contributed by atoms with E-state index in [1.165, 1.54) is 22.3 Å². The molecule has 0 unspecified atom stereocenters. The van der Waals surface area contributed by atoms with Crippen LogP contribution in [0.4, 0.5) is 4.39 Å². The van der Waals surface area contributed by atoms with E-state index < -0.39 is 0 Å². The number of fused-ring (bicyclic) bond motifs is 3. The summed E-state index contributed by atoms with van der Waals surface area (Å²) in [5.74, 6) is -0.149. The molecule has 1 heteroatoms. The van der Waals surface area contributed by atoms with E-state index in [2.05, 4.69) is 56.3 Å². The van der Waals surface area contributed by atoms with Crippen molar-refractivity contribution in [3.63, 3.8) is 0 Å². The molecule has 0 saturated carbocycles. The van der Waals surface area contributed by atoms with Crippen LogP contribution >= 0.6 is 0 Å². The number of hydrogen-bond donors (Lipinski definition) is 0. The Bertz CT molecular complexity index is 919. The molecule has 0 saturated heterocycles. The summed E-state index contributed by atoms with van der Waals surface area (Å²) in [5.41, 5.74) is 7.96. The van der Waals surface area contributed by atoms with Crippen molar-refractivity contribution in [3.05, 3.63) is 83.2 Å². The van der Waals surface area contributed by atoms with Crippen molar-refractivity contribution in [2.45, 2.75) is 26.2 Å². The summed E-state index contributed by atoms with van der Waals surface area (Å²) in [4.78, 5) is 0. The largest absolute Gasteiger partial charge is 0.207 e. The van der Waals surface area contributed by atoms with Crippen molar-refractivity contribution < 1.29 is 4.39 Å². The summed E-state index contributed by atoms with van der Waals surface area (Å²) in [6.45, 7) is 6.33. The molecule has 3 aromatic carbocycles. The number of halogens is 1. The number of hydrogen-bond acceptors (Lipinski definition) is 0. The first kappa shape index (κ1) is 14.2. The second-order valence-corrected chi connectivity index (χ2v) is 6.89. The Balaban J connectivity index is 1.92. The second kappa shape index (κ2) is 4.79. The SMILES string of the molecule is Cc1ccc(-c2ccc3c(c2)-c2ccccc2C3(C)C)cc1F. The Morgan fingerprint density at radius 1 is 0.739 bits per heavy atom. The summed E-state index contributed by atoms with van der Waals surface area (Å²) in [6.07, 6.45) is 0. The molecule has 1 aliphatic rings. The fourth-order valence-corrected chi connectivity index (χ4v) is 3.67. The van der Waals surface area contributed by atoms with Crippen molar-refractivity contribution in [1.29, 1.82) is 0 Å². The van der Waals surface area contributed by atoms with Crippen molar-refractivity contribution in [3.8, 4) is 22.3 Å². The van der Waals surface area contributed by atoms with Gasteiger partial charge in [-0.15, -0.1) is 0 Å². The molecule has 0 heterocycles. The van der Waals surface area contributed by atoms with Gasteiger partial charge in [0.15, 0.2) is 0 Å². The second-order valence-electron chi connectivity index (χ2n) is 6.89. The third kappa shape index (κ3) is 2.03. The van der Waals surface area contributed by atoms with Gasteiger partial charge in [0, 0.05) is 5.41 Å². The Morgan fingerprint density at radius 2 is 1.39 bits per heavy atom. The summed E-state index contributed by atoms with van der Waals surface area (Å²) in [6, 6.07) is 20.5. The molecule has 0 aliphatic heterocycles. The Hall–Kier alpha value is -2.41. The van der Waals surface area contributed by atoms with Crippen LogP contribution in [-0.2, 0) is 5.41 Å². The number of rotatable bonds is 1. The highest BCUT2D eigenvalue weighted by Gasteiger charge is 2.34. The van der Waals surface area contributed by atoms with Crippen LogP contribution in [0.1, 0.15) is 30.5 Å². The quantitative estimate of drug-likeness (QED) is 0.509. The lowest BCUT2D eigenvalue weighted by Gasteiger charge is -2.21. The average Bonchev–Trinajstić information content (AvgIpc) is 2.78. The topological polar surface area (TPSA) is 0 Å². The molecule has 0 atom stereocenters. The van der Waals surface area contributed by atoms with E-state index in [1.807, 2.05) is 12.1 Å². The van der Waals surface area contributed by atoms with Gasteiger partial charge in [-0.2, -0.15) is 0 Å². The number of benzene rings is 3. The van der Waals surface area contributed by atoms with Crippen LogP contribution < -0.4 is 0 Å². The van der Waals surface area contributed by atoms with E-state index in [0.717, 1.165) is 11.1 Å². The fraction of sp³-hybridized carbons (Fsp3) is 0.182. The molecule has 4 rings (SSSR count). The van der Waals surface area contributed by atoms with Gasteiger partial charge in [-0.1, -0.05) is 62.4 Å². The van der Waals surface area contributed by atoms with Gasteiger partial charge in [-0.3, -0.25) is 0 Å². The maximum Gasteiger partial charge on any atom is 0.126 e. The van der Waals surface area contributed by atoms with Crippen LogP contribution in [0.5, 0.6) is 0 Å². The maximum atomic E-state index is 13.9. The third-order valence-corrected chi connectivity index (χ3v) is 5.09. The molecule has 23 heavy (non-hydrogen) atoms. The molecule has 0 bridgehead atoms. The van der Waals surface area contributed by atoms with E-state index in [1.54, 1.807) is 13.0 Å². The van der Waals surface area contributed by atoms with E-state index in [-0.39, 0.29) is 11.2 Å². The normalized spacial score (nSPS) is 14.4. The Kier molecular flexibility index (Phi) is 2.96. The highest BCUT2D eigenvalue weighted by Crippen LogP contribution is 2.49. The minimum Gasteiger partial charge on any atom is -0.207 e. The van der Waals surface area contributed by atoms with E-state index in [0.29, 0.717) is 5.56 Å². The zero-order chi connectivity index (χ0) is 16.2. The molecule has 114 valence electrons. The van der Waals surface area contributed by atoms with E-state index in [9.17, 15) is 4.39 Å². The van der Waals surface area contributed by atoms with Gasteiger partial charge >= 0.3 is 0 Å². The smallest absolute Gasteiger partial charge is 0.126 e. The van der Waals surface area contributed by atoms with E-state index >= 15 is 0 Å². The molecule has 0 nitrogen and oxygen atoms in total. The van der Waals surface area contributed by atoms with Crippen LogP contribution in [0.25, 0.3) is 22.3 Å². The van der Waals surface area contributed by atoms with Gasteiger partial charge in [0.05, 0.1) is 0 Å². The molecule has 0 radical (unpaired) electrons. The van der Waals surface area contributed by atoms with Gasteiger partial charge in [0.1, 0.15) is 5.82 Å². The predicted molar refractivity (Wildman–Crippen MR) is 94.1 cm³/mol. The maximum absolute atomic E-state index is 13.9. The van der Waals surface area contributed by atoms with Gasteiger partial charge in [-0.25, -0.2) is 4.39 Å². The van der Waals surface area contributed by atoms with Gasteiger partial charge < -0.3 is 0 Å². The lowest BCUT2D eigenvalue weighted by Crippen LogP contribution is -2.14. The molecule has 0 fully saturated rings. The third-order valence-electron chi connectivity index (χ3n) is 5.09. The predicted octanol–water partition coefficient (Wildman–Crippen LogP) is 6.11. The van der Waals surface area contributed by atoms with Crippen LogP contribution in [-0.4, -0.2) is 0 Å². The molecule has 0 spiro atoms. The van der Waals surface area contributed by atoms with Gasteiger partial charge in [0.25, 0.3) is 0 Å². The Morgan fingerprint density at radius 3 is 2.17 bits per heavy atom. The summed E-state index contributed by atoms with van der Waals surface area (Å²) in [5, 5.41) is 0. The first-order valence-electron chi connectivity index (χ1n) is 7.99. The summed E-state index contributed by atoms with van der Waals surface area (Å²) < 4.78 is 13.9. The molecule has 0 amide bonds. The van der Waals surface area contributed by atoms with Crippen LogP contribution in [0.2, 0.25) is 0 Å². The molecule has 0 aromatic heterocycles. The highest BCUT2D eigenvalue weighted by molar-refractivity contribution is 5.84. The lowest BCUT2D eigenvalue weighted by molar-refractivity contribution is 0.619. The molecule has 0 N–H and O–H groups in total. The molecule has 1 aliphatic carbocycles. The van der Waals surface area contributed by atoms with Gasteiger partial charge in [0.2, 0.25) is 0 Å². The lowest BCUT2D eigenvalue weighted by atomic mass is 9.82.